The van der Waals surface area contributed by atoms with Gasteiger partial charge in [0.2, 0.25) is 0 Å². The fourth-order valence-electron chi connectivity index (χ4n) is 5.11. The molecular formula is C31H40O17. The maximum atomic E-state index is 12.4. The molecule has 3 rings (SSSR count). The fourth-order valence-corrected chi connectivity index (χ4v) is 5.11. The van der Waals surface area contributed by atoms with Crippen LogP contribution in [0.5, 0.6) is 0 Å². The number of aliphatic hydroxyl groups is 1. The molecule has 48 heavy (non-hydrogen) atoms. The lowest BCUT2D eigenvalue weighted by molar-refractivity contribution is -0.367. The van der Waals surface area contributed by atoms with Gasteiger partial charge in [-0.05, 0) is 5.56 Å². The number of aliphatic hydroxyl groups excluding tert-OH is 1. The van der Waals surface area contributed by atoms with Gasteiger partial charge in [0.05, 0.1) is 6.61 Å². The van der Waals surface area contributed by atoms with E-state index in [1.807, 2.05) is 0 Å². The molecule has 2 saturated heterocycles. The largest absolute Gasteiger partial charge is 0.463 e. The summed E-state index contributed by atoms with van der Waals surface area (Å²) in [5.74, 6) is -4.71. The van der Waals surface area contributed by atoms with Crippen LogP contribution < -0.4 is 0 Å². The van der Waals surface area contributed by atoms with Crippen molar-refractivity contribution in [1.82, 2.24) is 0 Å². The molecule has 1 aromatic rings. The van der Waals surface area contributed by atoms with Crippen molar-refractivity contribution >= 4 is 35.8 Å². The summed E-state index contributed by atoms with van der Waals surface area (Å²) in [6, 6.07) is 8.78. The van der Waals surface area contributed by atoms with Crippen LogP contribution in [0.3, 0.4) is 0 Å². The quantitative estimate of drug-likeness (QED) is 0.218. The van der Waals surface area contributed by atoms with Crippen molar-refractivity contribution in [2.24, 2.45) is 0 Å². The van der Waals surface area contributed by atoms with Gasteiger partial charge in [-0.15, -0.1) is 0 Å². The first kappa shape index (κ1) is 38.3. The maximum absolute atomic E-state index is 12.4. The molecule has 2 aliphatic rings. The van der Waals surface area contributed by atoms with E-state index in [1.54, 1.807) is 30.3 Å². The van der Waals surface area contributed by atoms with Crippen LogP contribution in [0, 0.1) is 0 Å². The summed E-state index contributed by atoms with van der Waals surface area (Å²) < 4.78 is 56.1. The average Bonchev–Trinajstić information content (AvgIpc) is 2.98. The molecule has 0 bridgehead atoms. The fraction of sp³-hybridized carbons (Fsp3) is 0.613. The number of hydrogen-bond donors (Lipinski definition) is 1. The molecular weight excluding hydrogens is 644 g/mol. The van der Waals surface area contributed by atoms with Gasteiger partial charge in [0.15, 0.2) is 43.1 Å². The molecule has 0 aliphatic carbocycles. The highest BCUT2D eigenvalue weighted by atomic mass is 16.8. The van der Waals surface area contributed by atoms with Crippen molar-refractivity contribution < 1.29 is 81.2 Å². The second-order valence-corrected chi connectivity index (χ2v) is 10.9. The first-order chi connectivity index (χ1) is 22.7. The normalized spacial score (nSPS) is 29.9. The van der Waals surface area contributed by atoms with Crippen LogP contribution in [-0.2, 0) is 82.7 Å². The van der Waals surface area contributed by atoms with Gasteiger partial charge in [-0.2, -0.15) is 0 Å². The van der Waals surface area contributed by atoms with Crippen LogP contribution in [0.25, 0.3) is 0 Å². The number of benzene rings is 1. The summed E-state index contributed by atoms with van der Waals surface area (Å²) >= 11 is 0. The van der Waals surface area contributed by atoms with Gasteiger partial charge in [0.1, 0.15) is 31.5 Å². The van der Waals surface area contributed by atoms with Crippen molar-refractivity contribution in [3.63, 3.8) is 0 Å². The van der Waals surface area contributed by atoms with Crippen molar-refractivity contribution in [2.45, 2.75) is 110 Å². The molecule has 1 aromatic carbocycles. The summed E-state index contributed by atoms with van der Waals surface area (Å²) in [5.41, 5.74) is 0.672. The predicted octanol–water partition coefficient (Wildman–Crippen LogP) is 0.252. The average molecular weight is 685 g/mol. The smallest absolute Gasteiger partial charge is 0.303 e. The van der Waals surface area contributed by atoms with E-state index in [-0.39, 0.29) is 6.61 Å². The summed E-state index contributed by atoms with van der Waals surface area (Å²) in [7, 11) is 0. The summed E-state index contributed by atoms with van der Waals surface area (Å²) in [6.07, 6.45) is -15.2. The van der Waals surface area contributed by atoms with Crippen molar-refractivity contribution in [3.05, 3.63) is 35.9 Å². The summed E-state index contributed by atoms with van der Waals surface area (Å²) in [5, 5.41) is 11.1. The topological polar surface area (TPSA) is 215 Å². The van der Waals surface area contributed by atoms with Gasteiger partial charge in [-0.3, -0.25) is 28.8 Å². The minimum absolute atomic E-state index is 0.106. The van der Waals surface area contributed by atoms with Crippen LogP contribution in [0.15, 0.2) is 30.3 Å². The Morgan fingerprint density at radius 2 is 1.02 bits per heavy atom. The lowest BCUT2D eigenvalue weighted by Crippen LogP contribution is -2.66. The van der Waals surface area contributed by atoms with Crippen LogP contribution in [0.1, 0.15) is 47.1 Å². The van der Waals surface area contributed by atoms with Crippen LogP contribution >= 0.6 is 0 Å². The van der Waals surface area contributed by atoms with E-state index >= 15 is 0 Å². The molecule has 10 atom stereocenters. The highest BCUT2D eigenvalue weighted by Gasteiger charge is 2.56. The first-order valence-electron chi connectivity index (χ1n) is 14.9. The van der Waals surface area contributed by atoms with E-state index in [0.717, 1.165) is 41.5 Å². The molecule has 0 amide bonds. The first-order valence-corrected chi connectivity index (χ1v) is 14.9. The Bertz CT molecular complexity index is 1280. The number of ether oxygens (including phenoxy) is 10. The number of carbonyl (C=O) groups is 6. The maximum Gasteiger partial charge on any atom is 0.303 e. The molecule has 0 unspecified atom stereocenters. The second-order valence-electron chi connectivity index (χ2n) is 10.9. The van der Waals surface area contributed by atoms with Gasteiger partial charge < -0.3 is 52.5 Å². The highest BCUT2D eigenvalue weighted by molar-refractivity contribution is 5.68. The van der Waals surface area contributed by atoms with Gasteiger partial charge in [0, 0.05) is 41.5 Å². The zero-order chi connectivity index (χ0) is 35.5. The van der Waals surface area contributed by atoms with Gasteiger partial charge >= 0.3 is 35.8 Å². The molecule has 0 aromatic heterocycles. The summed E-state index contributed by atoms with van der Waals surface area (Å²) in [4.78, 5) is 72.2. The Morgan fingerprint density at radius 3 is 1.48 bits per heavy atom. The third-order valence-corrected chi connectivity index (χ3v) is 6.89. The van der Waals surface area contributed by atoms with Crippen LogP contribution in [-0.4, -0.2) is 116 Å². The van der Waals surface area contributed by atoms with E-state index in [0.29, 0.717) is 5.56 Å². The molecule has 17 heteroatoms. The monoisotopic (exact) mass is 684 g/mol. The molecule has 0 radical (unpaired) electrons. The molecule has 2 aliphatic heterocycles. The Balaban J connectivity index is 2.08. The molecule has 2 fully saturated rings. The third-order valence-electron chi connectivity index (χ3n) is 6.89. The van der Waals surface area contributed by atoms with Crippen molar-refractivity contribution in [2.75, 3.05) is 13.2 Å². The standard InChI is InChI=1S/C31H40O17/c1-15(32)39-13-22-24(42-17(3)34)26(44-19(5)36)28(30(38)46-22)48-31-29(41-12-21-10-8-7-9-11-21)27(45-20(6)37)25(43-18(4)35)23(47-31)14-40-16(2)33/h7-11,22-31,38H,12-14H2,1-6H3/t22-,23+,24+,25+,26-,27-,28-,29-,30-,31+/m0/s1. The number of hydrogen-bond acceptors (Lipinski definition) is 17. The Labute approximate surface area is 275 Å². The van der Waals surface area contributed by atoms with E-state index < -0.39 is 110 Å². The zero-order valence-corrected chi connectivity index (χ0v) is 27.3. The SMILES string of the molecule is CC(=O)OC[C@@H]1O[C@H](O)[C@@H](O[C@H]2O[C@H](COC(C)=O)[C@@H](OC(C)=O)[C@H](OC(C)=O)[C@@H]2OCc2ccccc2)[C@@H](OC(C)=O)[C@@H]1OC(C)=O. The lowest BCUT2D eigenvalue weighted by atomic mass is 9.96. The molecule has 0 saturated carbocycles. The molecule has 17 nitrogen and oxygen atoms in total. The Hall–Kier alpha value is -4.16. The molecule has 1 N–H and O–H groups in total. The molecule has 266 valence electrons. The molecule has 0 spiro atoms. The van der Waals surface area contributed by atoms with Gasteiger partial charge in [-0.25, -0.2) is 0 Å². The van der Waals surface area contributed by atoms with E-state index in [4.69, 9.17) is 47.4 Å². The third kappa shape index (κ3) is 11.2. The van der Waals surface area contributed by atoms with E-state index in [2.05, 4.69) is 0 Å². The minimum Gasteiger partial charge on any atom is -0.463 e. The van der Waals surface area contributed by atoms with E-state index in [9.17, 15) is 33.9 Å². The number of rotatable bonds is 13. The number of carbonyl (C=O) groups excluding carboxylic acids is 6. The summed E-state index contributed by atoms with van der Waals surface area (Å²) in [6.45, 7) is 5.49. The van der Waals surface area contributed by atoms with Crippen LogP contribution in [0.2, 0.25) is 0 Å². The van der Waals surface area contributed by atoms with Crippen LogP contribution in [0.4, 0.5) is 0 Å². The minimum atomic E-state index is -1.93. The van der Waals surface area contributed by atoms with Crippen molar-refractivity contribution in [1.29, 1.82) is 0 Å². The van der Waals surface area contributed by atoms with Gasteiger partial charge in [0.25, 0.3) is 0 Å². The van der Waals surface area contributed by atoms with E-state index in [1.165, 1.54) is 0 Å². The van der Waals surface area contributed by atoms with Gasteiger partial charge in [-0.1, -0.05) is 30.3 Å². The van der Waals surface area contributed by atoms with Crippen molar-refractivity contribution in [3.8, 4) is 0 Å². The lowest BCUT2D eigenvalue weighted by Gasteiger charge is -2.48. The Kier molecular flexibility index (Phi) is 14.2. The predicted molar refractivity (Wildman–Crippen MR) is 155 cm³/mol. The Morgan fingerprint density at radius 1 is 0.583 bits per heavy atom. The highest BCUT2D eigenvalue weighted by Crippen LogP contribution is 2.35. The molecule has 2 heterocycles. The zero-order valence-electron chi connectivity index (χ0n) is 27.3. The number of esters is 6. The second kappa shape index (κ2) is 17.8.